The lowest BCUT2D eigenvalue weighted by molar-refractivity contribution is 0.220. The summed E-state index contributed by atoms with van der Waals surface area (Å²) in [6, 6.07) is 0. The molecule has 0 aromatic rings. The van der Waals surface area contributed by atoms with Crippen LogP contribution in [0.1, 0.15) is 0 Å². The summed E-state index contributed by atoms with van der Waals surface area (Å²) in [5.41, 5.74) is 0. The Hall–Kier alpha value is -0.975. The fraction of sp³-hybridized carbons (Fsp3) is 0. The normalized spacial score (nSPS) is 6.50. The maximum atomic E-state index is 9.43. The Bertz CT molecular complexity index is 94.2. The largest absolute Gasteiger partial charge is 0.514 e. The number of rotatable bonds is 1. The lowest BCUT2D eigenvalue weighted by Gasteiger charge is -1.78. The van der Waals surface area contributed by atoms with Crippen LogP contribution < -0.4 is 0 Å². The highest BCUT2D eigenvalue weighted by molar-refractivity contribution is 6.77. The van der Waals surface area contributed by atoms with E-state index in [0.29, 0.717) is 0 Å². The van der Waals surface area contributed by atoms with E-state index in [1.165, 1.54) is 0 Å². The van der Waals surface area contributed by atoms with E-state index in [1.54, 1.807) is 5.97 Å². The quantitative estimate of drug-likeness (QED) is 0.428. The second-order valence-corrected chi connectivity index (χ2v) is 0.993. The second-order valence-electron chi connectivity index (χ2n) is 0.993. The van der Waals surface area contributed by atoms with Gasteiger partial charge in [-0.15, -0.1) is 0 Å². The van der Waals surface area contributed by atoms with Crippen molar-refractivity contribution in [2.24, 2.45) is 0 Å². The van der Waals surface area contributed by atoms with E-state index in [0.717, 1.165) is 0 Å². The third-order valence-electron chi connectivity index (χ3n) is 0.326. The van der Waals surface area contributed by atoms with Crippen molar-refractivity contribution in [1.82, 2.24) is 0 Å². The van der Waals surface area contributed by atoms with Crippen LogP contribution in [-0.2, 0) is 0 Å². The first-order chi connectivity index (χ1) is 2.77. The zero-order valence-corrected chi connectivity index (χ0v) is 3.30. The predicted molar refractivity (Wildman–Crippen MR) is 22.2 cm³/mol. The van der Waals surface area contributed by atoms with Gasteiger partial charge in [-0.25, -0.2) is 5.26 Å². The first kappa shape index (κ1) is 5.02. The Morgan fingerprint density at radius 3 is 2.50 bits per heavy atom. The number of hydrogen-bond donors (Lipinski definition) is 1. The molecule has 0 spiro atoms. The van der Waals surface area contributed by atoms with Gasteiger partial charge >= 0.3 is 0 Å². The first-order valence-electron chi connectivity index (χ1n) is 1.65. The van der Waals surface area contributed by atoms with Crippen LogP contribution in [0, 0.1) is 11.2 Å². The summed E-state index contributed by atoms with van der Waals surface area (Å²) < 4.78 is 0. The number of carbonyl (C=O) groups is 1. The summed E-state index contributed by atoms with van der Waals surface area (Å²) in [7, 11) is -1.32. The molecule has 0 saturated heterocycles. The molecular formula is C2H3BNO2-. The molecule has 0 saturated carbocycles. The highest BCUT2D eigenvalue weighted by Gasteiger charge is 1.78. The van der Waals surface area contributed by atoms with Gasteiger partial charge in [0, 0.05) is 0 Å². The molecule has 0 atom stereocenters. The van der Waals surface area contributed by atoms with E-state index in [9.17, 15) is 4.79 Å². The van der Waals surface area contributed by atoms with E-state index >= 15 is 0 Å². The van der Waals surface area contributed by atoms with E-state index in [2.05, 4.69) is 0 Å². The maximum absolute atomic E-state index is 9.43. The van der Waals surface area contributed by atoms with Crippen molar-refractivity contribution in [2.45, 2.75) is 0 Å². The van der Waals surface area contributed by atoms with Crippen LogP contribution in [0.2, 0.25) is 0 Å². The van der Waals surface area contributed by atoms with Crippen molar-refractivity contribution < 1.29 is 9.90 Å². The molecule has 0 radical (unpaired) electrons. The fourth-order valence-corrected chi connectivity index (χ4v) is 0.0956. The van der Waals surface area contributed by atoms with Crippen LogP contribution in [0.4, 0.5) is 4.79 Å². The first-order valence-corrected chi connectivity index (χ1v) is 1.65. The lowest BCUT2D eigenvalue weighted by atomic mass is 9.82. The van der Waals surface area contributed by atoms with Gasteiger partial charge in [-0.1, -0.05) is 0 Å². The van der Waals surface area contributed by atoms with Crippen molar-refractivity contribution in [3.8, 4) is 5.97 Å². The molecule has 0 aliphatic rings. The third kappa shape index (κ3) is 3.02. The van der Waals surface area contributed by atoms with Crippen molar-refractivity contribution in [1.29, 1.82) is 5.26 Å². The van der Waals surface area contributed by atoms with Gasteiger partial charge < -0.3 is 9.90 Å². The molecule has 1 N–H and O–H groups in total. The second kappa shape index (κ2) is 2.27. The van der Waals surface area contributed by atoms with Crippen molar-refractivity contribution in [3.05, 3.63) is 0 Å². The van der Waals surface area contributed by atoms with Crippen LogP contribution >= 0.6 is 0 Å². The van der Waals surface area contributed by atoms with Gasteiger partial charge in [-0.05, 0) is 0 Å². The predicted octanol–water partition coefficient (Wildman–Crippen LogP) is -0.686. The molecule has 0 aromatic carbocycles. The SMILES string of the molecule is N#C[BH2-]C(=O)O. The van der Waals surface area contributed by atoms with E-state index in [1.807, 2.05) is 0 Å². The molecule has 0 bridgehead atoms. The Morgan fingerprint density at radius 2 is 2.50 bits per heavy atom. The minimum absolute atomic E-state index is 0.947. The summed E-state index contributed by atoms with van der Waals surface area (Å²) >= 11 is 0. The molecular weight excluding hydrogens is 80.8 g/mol. The highest BCUT2D eigenvalue weighted by Crippen LogP contribution is 1.56. The highest BCUT2D eigenvalue weighted by atomic mass is 16.4. The molecule has 0 rings (SSSR count). The van der Waals surface area contributed by atoms with Crippen molar-refractivity contribution in [2.75, 3.05) is 0 Å². The minimum Gasteiger partial charge on any atom is -0.514 e. The molecule has 0 fully saturated rings. The van der Waals surface area contributed by atoms with Gasteiger partial charge in [-0.2, -0.15) is 5.97 Å². The van der Waals surface area contributed by atoms with Gasteiger partial charge in [0.15, 0.2) is 7.28 Å². The average Bonchev–Trinajstić information content (AvgIpc) is 1.35. The number of nitriles is 1. The zero-order valence-electron chi connectivity index (χ0n) is 3.30. The van der Waals surface area contributed by atoms with E-state index in [4.69, 9.17) is 10.4 Å². The van der Waals surface area contributed by atoms with Gasteiger partial charge in [-0.3, -0.25) is 0 Å². The molecule has 0 aromatic heterocycles. The molecule has 0 unspecified atom stereocenters. The van der Waals surface area contributed by atoms with Gasteiger partial charge in [0.1, 0.15) is 5.87 Å². The summed E-state index contributed by atoms with van der Waals surface area (Å²) in [6.07, 6.45) is 0. The minimum atomic E-state index is -1.32. The van der Waals surface area contributed by atoms with Gasteiger partial charge in [0.2, 0.25) is 0 Å². The summed E-state index contributed by atoms with van der Waals surface area (Å²) in [6.45, 7) is 0. The maximum Gasteiger partial charge on any atom is 0.193 e. The van der Waals surface area contributed by atoms with Gasteiger partial charge in [0.05, 0.1) is 0 Å². The van der Waals surface area contributed by atoms with Crippen molar-refractivity contribution >= 4 is 13.1 Å². The fourth-order valence-electron chi connectivity index (χ4n) is 0.0956. The lowest BCUT2D eigenvalue weighted by Crippen LogP contribution is -2.00. The molecule has 0 amide bonds. The molecule has 4 heteroatoms. The molecule has 0 aliphatic heterocycles. The van der Waals surface area contributed by atoms with Crippen LogP contribution in [0.3, 0.4) is 0 Å². The monoisotopic (exact) mass is 84.0 g/mol. The number of hydrogen-bond acceptors (Lipinski definition) is 2. The molecule has 0 aliphatic carbocycles. The van der Waals surface area contributed by atoms with Crippen LogP contribution in [0.15, 0.2) is 0 Å². The Morgan fingerprint density at radius 1 is 2.00 bits per heavy atom. The van der Waals surface area contributed by atoms with E-state index in [-0.39, 0.29) is 0 Å². The smallest absolute Gasteiger partial charge is 0.193 e. The summed E-state index contributed by atoms with van der Waals surface area (Å²) in [5, 5.41) is 15.4. The Labute approximate surface area is 35.4 Å². The molecule has 3 nitrogen and oxygen atoms in total. The van der Waals surface area contributed by atoms with Crippen LogP contribution in [0.5, 0.6) is 0 Å². The standard InChI is InChI=1S/C2H3BNO2/c4-1-3-2(5)6/h3H2,(H,5,6)/q-1. The van der Waals surface area contributed by atoms with Crippen LogP contribution in [0.25, 0.3) is 0 Å². The topological polar surface area (TPSA) is 61.1 Å². The Kier molecular flexibility index (Phi) is 1.90. The summed E-state index contributed by atoms with van der Waals surface area (Å²) in [5.74, 6) is 0.646. The number of nitrogens with zero attached hydrogens (tertiary/aromatic N) is 1. The summed E-state index contributed by atoms with van der Waals surface area (Å²) in [4.78, 5) is 9.43. The van der Waals surface area contributed by atoms with Crippen LogP contribution in [-0.4, -0.2) is 18.3 Å². The average molecular weight is 83.9 g/mol. The Balaban J connectivity index is 3.13. The number of carboxylic acid groups (broad SMARTS) is 1. The van der Waals surface area contributed by atoms with Crippen molar-refractivity contribution in [3.63, 3.8) is 0 Å². The van der Waals surface area contributed by atoms with E-state index < -0.39 is 13.1 Å². The zero-order chi connectivity index (χ0) is 4.99. The molecule has 6 heavy (non-hydrogen) atoms. The third-order valence-corrected chi connectivity index (χ3v) is 0.326. The molecule has 32 valence electrons. The molecule has 0 heterocycles. The van der Waals surface area contributed by atoms with Gasteiger partial charge in [0.25, 0.3) is 0 Å².